The van der Waals surface area contributed by atoms with Crippen LogP contribution in [-0.4, -0.2) is 33.8 Å². The Morgan fingerprint density at radius 1 is 1.32 bits per heavy atom. The molecule has 0 saturated carbocycles. The van der Waals surface area contributed by atoms with Crippen molar-refractivity contribution < 1.29 is 0 Å². The molecule has 0 aliphatic heterocycles. The van der Waals surface area contributed by atoms with Crippen LogP contribution in [0.25, 0.3) is 0 Å². The Morgan fingerprint density at radius 2 is 2.09 bits per heavy atom. The first kappa shape index (κ1) is 21.1. The first-order valence-electron chi connectivity index (χ1n) is 8.05. The Bertz CT molecular complexity index is 418. The Labute approximate surface area is 151 Å². The van der Waals surface area contributed by atoms with E-state index in [9.17, 15) is 0 Å². The number of unbranched alkanes of at least 4 members (excludes halogenated alkanes) is 3. The number of aryl methyl sites for hydroxylation is 1. The van der Waals surface area contributed by atoms with E-state index in [0.29, 0.717) is 12.6 Å². The van der Waals surface area contributed by atoms with Crippen molar-refractivity contribution >= 4 is 29.9 Å². The molecule has 0 amide bonds. The number of aromatic nitrogens is 3. The molecule has 7 heteroatoms. The van der Waals surface area contributed by atoms with Crippen LogP contribution >= 0.6 is 24.0 Å². The fourth-order valence-electron chi connectivity index (χ4n) is 2.22. The van der Waals surface area contributed by atoms with Gasteiger partial charge >= 0.3 is 0 Å². The van der Waals surface area contributed by atoms with E-state index in [1.54, 1.807) is 13.4 Å². The van der Waals surface area contributed by atoms with Crippen molar-refractivity contribution in [2.24, 2.45) is 4.99 Å². The number of halogens is 1. The van der Waals surface area contributed by atoms with Crippen LogP contribution in [0.15, 0.2) is 11.3 Å². The van der Waals surface area contributed by atoms with Crippen LogP contribution in [0.1, 0.15) is 58.7 Å². The zero-order valence-electron chi connectivity index (χ0n) is 14.3. The predicted octanol–water partition coefficient (Wildman–Crippen LogP) is 2.94. The van der Waals surface area contributed by atoms with Crippen LogP contribution in [0.5, 0.6) is 0 Å². The van der Waals surface area contributed by atoms with E-state index < -0.39 is 0 Å². The predicted molar refractivity (Wildman–Crippen MR) is 103 cm³/mol. The van der Waals surface area contributed by atoms with Gasteiger partial charge in [0, 0.05) is 19.6 Å². The summed E-state index contributed by atoms with van der Waals surface area (Å²) in [6.45, 7) is 8.04. The molecule has 6 nitrogen and oxygen atoms in total. The minimum absolute atomic E-state index is 0. The third-order valence-corrected chi connectivity index (χ3v) is 3.55. The maximum Gasteiger partial charge on any atom is 0.191 e. The molecule has 0 fully saturated rings. The van der Waals surface area contributed by atoms with E-state index in [-0.39, 0.29) is 24.0 Å². The molecule has 0 saturated heterocycles. The number of rotatable bonds is 9. The van der Waals surface area contributed by atoms with Crippen molar-refractivity contribution in [1.29, 1.82) is 0 Å². The van der Waals surface area contributed by atoms with E-state index in [4.69, 9.17) is 0 Å². The van der Waals surface area contributed by atoms with Crippen molar-refractivity contribution in [3.05, 3.63) is 12.2 Å². The molecular formula is C15H31IN6. The molecule has 0 bridgehead atoms. The van der Waals surface area contributed by atoms with Crippen molar-refractivity contribution in [2.45, 2.75) is 72.0 Å². The van der Waals surface area contributed by atoms with Gasteiger partial charge in [-0.25, -0.2) is 0 Å². The Hall–Kier alpha value is -0.860. The van der Waals surface area contributed by atoms with E-state index in [0.717, 1.165) is 18.3 Å². The van der Waals surface area contributed by atoms with Gasteiger partial charge in [0.15, 0.2) is 11.8 Å². The highest BCUT2D eigenvalue weighted by molar-refractivity contribution is 14.0. The molecule has 1 aromatic heterocycles. The summed E-state index contributed by atoms with van der Waals surface area (Å²) in [6, 6.07) is 0.428. The van der Waals surface area contributed by atoms with Crippen LogP contribution in [0.2, 0.25) is 0 Å². The van der Waals surface area contributed by atoms with Gasteiger partial charge in [0.25, 0.3) is 0 Å². The highest BCUT2D eigenvalue weighted by atomic mass is 127. The molecule has 1 rings (SSSR count). The van der Waals surface area contributed by atoms with Gasteiger partial charge in [-0.15, -0.1) is 34.2 Å². The Balaban J connectivity index is 0.00000441. The third-order valence-electron chi connectivity index (χ3n) is 3.55. The standard InChI is InChI=1S/C15H30N6.HI/c1-5-7-8-9-10-13(3)19-15(16-4)17-11-14-20-18-12-21(14)6-2;/h12-13H,5-11H2,1-4H3,(H2,16,17,19);1H. The van der Waals surface area contributed by atoms with Gasteiger partial charge in [-0.3, -0.25) is 4.99 Å². The number of nitrogens with zero attached hydrogens (tertiary/aromatic N) is 4. The molecule has 0 aliphatic rings. The molecule has 1 heterocycles. The molecule has 2 N–H and O–H groups in total. The van der Waals surface area contributed by atoms with Crippen LogP contribution in [0.4, 0.5) is 0 Å². The highest BCUT2D eigenvalue weighted by Gasteiger charge is 2.07. The second-order valence-corrected chi connectivity index (χ2v) is 5.35. The molecule has 22 heavy (non-hydrogen) atoms. The van der Waals surface area contributed by atoms with Crippen LogP contribution in [-0.2, 0) is 13.1 Å². The third kappa shape index (κ3) is 7.95. The lowest BCUT2D eigenvalue weighted by Gasteiger charge is -2.17. The molecular weight excluding hydrogens is 391 g/mol. The number of aliphatic imine (C=N–C) groups is 1. The smallest absolute Gasteiger partial charge is 0.191 e. The number of guanidine groups is 1. The second kappa shape index (κ2) is 12.7. The van der Waals surface area contributed by atoms with Gasteiger partial charge in [-0.1, -0.05) is 32.6 Å². The lowest BCUT2D eigenvalue weighted by Crippen LogP contribution is -2.42. The first-order valence-corrected chi connectivity index (χ1v) is 8.05. The number of nitrogens with one attached hydrogen (secondary N) is 2. The fraction of sp³-hybridized carbons (Fsp3) is 0.800. The van der Waals surface area contributed by atoms with Crippen molar-refractivity contribution in [1.82, 2.24) is 25.4 Å². The topological polar surface area (TPSA) is 67.1 Å². The fourth-order valence-corrected chi connectivity index (χ4v) is 2.22. The molecule has 0 aromatic carbocycles. The maximum absolute atomic E-state index is 4.26. The van der Waals surface area contributed by atoms with Crippen LogP contribution < -0.4 is 10.6 Å². The second-order valence-electron chi connectivity index (χ2n) is 5.35. The summed E-state index contributed by atoms with van der Waals surface area (Å²) >= 11 is 0. The van der Waals surface area contributed by atoms with E-state index in [1.165, 1.54) is 32.1 Å². The van der Waals surface area contributed by atoms with Crippen molar-refractivity contribution in [3.8, 4) is 0 Å². The largest absolute Gasteiger partial charge is 0.354 e. The lowest BCUT2D eigenvalue weighted by molar-refractivity contribution is 0.535. The lowest BCUT2D eigenvalue weighted by atomic mass is 10.1. The van der Waals surface area contributed by atoms with Gasteiger partial charge in [0.05, 0.1) is 6.54 Å². The quantitative estimate of drug-likeness (QED) is 0.278. The van der Waals surface area contributed by atoms with E-state index in [1.807, 2.05) is 4.57 Å². The summed E-state index contributed by atoms with van der Waals surface area (Å²) in [6.07, 6.45) is 8.11. The van der Waals surface area contributed by atoms with Crippen LogP contribution in [0.3, 0.4) is 0 Å². The number of hydrogen-bond acceptors (Lipinski definition) is 3. The Kier molecular flexibility index (Phi) is 12.2. The zero-order valence-corrected chi connectivity index (χ0v) is 16.6. The molecule has 1 atom stereocenters. The maximum atomic E-state index is 4.26. The van der Waals surface area contributed by atoms with Gasteiger partial charge in [-0.2, -0.15) is 0 Å². The summed E-state index contributed by atoms with van der Waals surface area (Å²) in [5.41, 5.74) is 0. The molecule has 1 unspecified atom stereocenters. The molecule has 128 valence electrons. The van der Waals surface area contributed by atoms with Crippen LogP contribution in [0, 0.1) is 0 Å². The summed E-state index contributed by atoms with van der Waals surface area (Å²) in [4.78, 5) is 4.26. The summed E-state index contributed by atoms with van der Waals surface area (Å²) in [5, 5.41) is 14.8. The molecule has 1 aromatic rings. The highest BCUT2D eigenvalue weighted by Crippen LogP contribution is 2.05. The SMILES string of the molecule is CCCCCCC(C)NC(=NC)NCc1nncn1CC.I. The van der Waals surface area contributed by atoms with Gasteiger partial charge in [-0.05, 0) is 20.3 Å². The average Bonchev–Trinajstić information content (AvgIpc) is 2.95. The monoisotopic (exact) mass is 422 g/mol. The zero-order chi connectivity index (χ0) is 15.5. The van der Waals surface area contributed by atoms with Gasteiger partial charge in [0.2, 0.25) is 0 Å². The first-order chi connectivity index (χ1) is 10.2. The van der Waals surface area contributed by atoms with Crippen molar-refractivity contribution in [3.63, 3.8) is 0 Å². The summed E-state index contributed by atoms with van der Waals surface area (Å²) in [5.74, 6) is 1.75. The number of hydrogen-bond donors (Lipinski definition) is 2. The minimum Gasteiger partial charge on any atom is -0.354 e. The average molecular weight is 422 g/mol. The van der Waals surface area contributed by atoms with Gasteiger partial charge in [0.1, 0.15) is 6.33 Å². The van der Waals surface area contributed by atoms with E-state index in [2.05, 4.69) is 46.6 Å². The van der Waals surface area contributed by atoms with E-state index >= 15 is 0 Å². The van der Waals surface area contributed by atoms with Gasteiger partial charge < -0.3 is 15.2 Å². The minimum atomic E-state index is 0. The van der Waals surface area contributed by atoms with Crippen molar-refractivity contribution in [2.75, 3.05) is 7.05 Å². The summed E-state index contributed by atoms with van der Waals surface area (Å²) < 4.78 is 2.02. The molecule has 0 spiro atoms. The normalized spacial score (nSPS) is 12.6. The summed E-state index contributed by atoms with van der Waals surface area (Å²) in [7, 11) is 1.80. The molecule has 0 radical (unpaired) electrons. The molecule has 0 aliphatic carbocycles. The Morgan fingerprint density at radius 3 is 2.73 bits per heavy atom.